The molecule has 0 radical (unpaired) electrons. The summed E-state index contributed by atoms with van der Waals surface area (Å²) in [5, 5.41) is 6.41. The molecular formula is C14H24N3O3P. The molecule has 0 fully saturated rings. The van der Waals surface area contributed by atoms with E-state index in [4.69, 9.17) is 9.05 Å². The van der Waals surface area contributed by atoms with Gasteiger partial charge in [0.1, 0.15) is 0 Å². The van der Waals surface area contributed by atoms with Crippen LogP contribution in [0.4, 0.5) is 0 Å². The van der Waals surface area contributed by atoms with Crippen molar-refractivity contribution in [3.8, 4) is 0 Å². The van der Waals surface area contributed by atoms with Gasteiger partial charge in [0.2, 0.25) is 0 Å². The largest absolute Gasteiger partial charge is 0.448 e. The quantitative estimate of drug-likeness (QED) is 0.429. The lowest BCUT2D eigenvalue weighted by Gasteiger charge is -2.19. The maximum atomic E-state index is 12.5. The van der Waals surface area contributed by atoms with Gasteiger partial charge in [0.05, 0.1) is 25.1 Å². The number of hydrogen-bond donors (Lipinski definition) is 1. The first-order valence-electron chi connectivity index (χ1n) is 7.02. The summed E-state index contributed by atoms with van der Waals surface area (Å²) in [6.45, 7) is 8.57. The Morgan fingerprint density at radius 2 is 1.86 bits per heavy atom. The van der Waals surface area contributed by atoms with Crippen LogP contribution in [0.3, 0.4) is 0 Å². The first-order valence-corrected chi connectivity index (χ1v) is 8.56. The molecule has 0 aliphatic heterocycles. The van der Waals surface area contributed by atoms with Crippen LogP contribution in [0.5, 0.6) is 0 Å². The average molecular weight is 313 g/mol. The van der Waals surface area contributed by atoms with Crippen LogP contribution in [-0.2, 0) is 13.6 Å². The molecule has 1 N–H and O–H groups in total. The zero-order valence-corrected chi connectivity index (χ0v) is 13.9. The van der Waals surface area contributed by atoms with E-state index in [0.717, 1.165) is 0 Å². The molecule has 0 aromatic carbocycles. The lowest BCUT2D eigenvalue weighted by molar-refractivity contribution is 0.166. The second-order valence-electron chi connectivity index (χ2n) is 5.49. The van der Waals surface area contributed by atoms with Gasteiger partial charge in [-0.2, -0.15) is 5.10 Å². The van der Waals surface area contributed by atoms with Crippen molar-refractivity contribution in [2.45, 2.75) is 27.7 Å². The molecule has 0 bridgehead atoms. The van der Waals surface area contributed by atoms with Crippen LogP contribution in [0.15, 0.2) is 29.5 Å². The minimum absolute atomic E-state index is 0.252. The maximum absolute atomic E-state index is 12.5. The number of nitrogens with one attached hydrogen (secondary N) is 1. The number of hydrogen-bond acceptors (Lipinski definition) is 5. The smallest absolute Gasteiger partial charge is 0.291 e. The molecule has 21 heavy (non-hydrogen) atoms. The van der Waals surface area contributed by atoms with E-state index in [2.05, 4.69) is 15.3 Å². The maximum Gasteiger partial charge on any atom is 0.448 e. The van der Waals surface area contributed by atoms with Gasteiger partial charge in [-0.05, 0) is 24.0 Å². The predicted octanol–water partition coefficient (Wildman–Crippen LogP) is 3.46. The van der Waals surface area contributed by atoms with Crippen LogP contribution in [0.25, 0.3) is 0 Å². The second-order valence-corrected chi connectivity index (χ2v) is 7.20. The number of nitrogens with zero attached hydrogens (tertiary/aromatic N) is 2. The fraction of sp³-hybridized carbons (Fsp3) is 0.571. The molecule has 118 valence electrons. The standard InChI is InChI=1S/C14H24N3O3P/c1-12(2)10-19-21(18,20-11-13(3)4)17-16-9-14-7-5-6-8-15-14/h5-9,12-13H,10-11H2,1-4H3,(H,17,18)/b16-9+. The molecule has 7 heteroatoms. The highest BCUT2D eigenvalue weighted by Crippen LogP contribution is 2.44. The third kappa shape index (κ3) is 7.95. The van der Waals surface area contributed by atoms with E-state index in [9.17, 15) is 4.57 Å². The molecule has 0 saturated heterocycles. The third-order valence-corrected chi connectivity index (χ3v) is 3.56. The van der Waals surface area contributed by atoms with Crippen molar-refractivity contribution in [3.05, 3.63) is 30.1 Å². The molecule has 0 aliphatic carbocycles. The summed E-state index contributed by atoms with van der Waals surface area (Å²) in [7, 11) is -3.44. The van der Waals surface area contributed by atoms with Crippen molar-refractivity contribution in [2.24, 2.45) is 16.9 Å². The van der Waals surface area contributed by atoms with Crippen LogP contribution in [0.1, 0.15) is 33.4 Å². The second kappa shape index (κ2) is 8.93. The van der Waals surface area contributed by atoms with Gasteiger partial charge in [-0.25, -0.2) is 9.76 Å². The van der Waals surface area contributed by atoms with Gasteiger partial charge in [0.25, 0.3) is 0 Å². The Balaban J connectivity index is 2.63. The van der Waals surface area contributed by atoms with Gasteiger partial charge in [-0.1, -0.05) is 33.8 Å². The Kier molecular flexibility index (Phi) is 7.57. The summed E-state index contributed by atoms with van der Waals surface area (Å²) >= 11 is 0. The van der Waals surface area contributed by atoms with Crippen molar-refractivity contribution >= 4 is 14.0 Å². The fourth-order valence-corrected chi connectivity index (χ4v) is 2.59. The molecule has 0 amide bonds. The predicted molar refractivity (Wildman–Crippen MR) is 84.2 cm³/mol. The van der Waals surface area contributed by atoms with Crippen molar-refractivity contribution in [2.75, 3.05) is 13.2 Å². The fourth-order valence-electron chi connectivity index (χ4n) is 1.21. The minimum atomic E-state index is -3.44. The Labute approximate surface area is 126 Å². The summed E-state index contributed by atoms with van der Waals surface area (Å²) in [6, 6.07) is 5.45. The summed E-state index contributed by atoms with van der Waals surface area (Å²) in [6.07, 6.45) is 3.13. The normalized spacial score (nSPS) is 12.5. The Hall–Kier alpha value is -1.23. The number of aromatic nitrogens is 1. The molecule has 0 saturated carbocycles. The zero-order chi connectivity index (χ0) is 15.7. The first kappa shape index (κ1) is 17.8. The molecule has 0 spiro atoms. The molecule has 0 unspecified atom stereocenters. The Morgan fingerprint density at radius 1 is 1.24 bits per heavy atom. The van der Waals surface area contributed by atoms with Crippen molar-refractivity contribution in [1.29, 1.82) is 0 Å². The Bertz CT molecular complexity index is 462. The monoisotopic (exact) mass is 313 g/mol. The van der Waals surface area contributed by atoms with Gasteiger partial charge in [0, 0.05) is 6.20 Å². The molecule has 1 aromatic rings. The van der Waals surface area contributed by atoms with E-state index in [0.29, 0.717) is 18.9 Å². The third-order valence-electron chi connectivity index (χ3n) is 2.22. The number of pyridine rings is 1. The number of rotatable bonds is 9. The van der Waals surface area contributed by atoms with E-state index < -0.39 is 7.75 Å². The highest BCUT2D eigenvalue weighted by molar-refractivity contribution is 7.51. The summed E-state index contributed by atoms with van der Waals surface area (Å²) < 4.78 is 23.3. The van der Waals surface area contributed by atoms with E-state index >= 15 is 0 Å². The molecule has 1 heterocycles. The van der Waals surface area contributed by atoms with Crippen molar-refractivity contribution in [3.63, 3.8) is 0 Å². The molecular weight excluding hydrogens is 289 g/mol. The molecule has 0 aliphatic rings. The van der Waals surface area contributed by atoms with Crippen LogP contribution in [-0.4, -0.2) is 24.4 Å². The van der Waals surface area contributed by atoms with Gasteiger partial charge in [-0.15, -0.1) is 0 Å². The SMILES string of the molecule is CC(C)COP(=O)(N/N=C/c1ccccn1)OCC(C)C. The van der Waals surface area contributed by atoms with Crippen molar-refractivity contribution < 1.29 is 13.6 Å². The van der Waals surface area contributed by atoms with Gasteiger partial charge in [-0.3, -0.25) is 14.0 Å². The summed E-state index contributed by atoms with van der Waals surface area (Å²) in [5.41, 5.74) is 0.657. The molecule has 0 atom stereocenters. The van der Waals surface area contributed by atoms with Crippen LogP contribution < -0.4 is 5.20 Å². The number of hydrazone groups is 1. The highest BCUT2D eigenvalue weighted by Gasteiger charge is 2.25. The highest BCUT2D eigenvalue weighted by atomic mass is 31.2. The van der Waals surface area contributed by atoms with Gasteiger partial charge >= 0.3 is 7.75 Å². The lowest BCUT2D eigenvalue weighted by atomic mass is 10.2. The van der Waals surface area contributed by atoms with Gasteiger partial charge in [0.15, 0.2) is 0 Å². The zero-order valence-electron chi connectivity index (χ0n) is 13.0. The summed E-state index contributed by atoms with van der Waals surface area (Å²) in [4.78, 5) is 4.09. The molecule has 6 nitrogen and oxygen atoms in total. The van der Waals surface area contributed by atoms with Crippen LogP contribution in [0.2, 0.25) is 0 Å². The molecule has 1 rings (SSSR count). The van der Waals surface area contributed by atoms with Crippen molar-refractivity contribution in [1.82, 2.24) is 10.2 Å². The van der Waals surface area contributed by atoms with E-state index in [-0.39, 0.29) is 11.8 Å². The lowest BCUT2D eigenvalue weighted by Crippen LogP contribution is -2.14. The van der Waals surface area contributed by atoms with E-state index in [1.54, 1.807) is 12.3 Å². The Morgan fingerprint density at radius 3 is 2.33 bits per heavy atom. The molecule has 1 aromatic heterocycles. The minimum Gasteiger partial charge on any atom is -0.291 e. The summed E-state index contributed by atoms with van der Waals surface area (Å²) in [5.74, 6) is 0.505. The average Bonchev–Trinajstić information content (AvgIpc) is 2.44. The topological polar surface area (TPSA) is 72.8 Å². The van der Waals surface area contributed by atoms with E-state index in [1.807, 2.05) is 39.8 Å². The van der Waals surface area contributed by atoms with Gasteiger partial charge < -0.3 is 0 Å². The van der Waals surface area contributed by atoms with E-state index in [1.165, 1.54) is 6.21 Å². The van der Waals surface area contributed by atoms with Crippen LogP contribution in [0, 0.1) is 11.8 Å². The first-order chi connectivity index (χ1) is 9.91. The van der Waals surface area contributed by atoms with Crippen LogP contribution >= 0.6 is 7.75 Å².